The van der Waals surface area contributed by atoms with Crippen molar-refractivity contribution in [3.63, 3.8) is 0 Å². The number of pyridine rings is 2. The summed E-state index contributed by atoms with van der Waals surface area (Å²) < 4.78 is 0. The smallest absolute Gasteiger partial charge is 0.275 e. The van der Waals surface area contributed by atoms with Crippen LogP contribution in [0.2, 0.25) is 0 Å². The second kappa shape index (κ2) is 7.60. The van der Waals surface area contributed by atoms with E-state index < -0.39 is 0 Å². The van der Waals surface area contributed by atoms with Gasteiger partial charge < -0.3 is 16.0 Å². The Morgan fingerprint density at radius 3 is 2.88 bits per heavy atom. The van der Waals surface area contributed by atoms with Gasteiger partial charge in [0.05, 0.1) is 0 Å². The predicted molar refractivity (Wildman–Crippen MR) is 103 cm³/mol. The Morgan fingerprint density at radius 2 is 2.19 bits per heavy atom. The Hall–Kier alpha value is -3.48. The van der Waals surface area contributed by atoms with Gasteiger partial charge in [0.2, 0.25) is 0 Å². The average molecular weight is 348 g/mol. The second-order valence-corrected chi connectivity index (χ2v) is 5.89. The van der Waals surface area contributed by atoms with Gasteiger partial charge in [0.1, 0.15) is 17.2 Å². The van der Waals surface area contributed by atoms with E-state index in [4.69, 9.17) is 5.73 Å². The highest BCUT2D eigenvalue weighted by Gasteiger charge is 2.10. The first-order valence-corrected chi connectivity index (χ1v) is 8.14. The molecule has 3 heterocycles. The summed E-state index contributed by atoms with van der Waals surface area (Å²) in [5.41, 5.74) is 9.42. The van der Waals surface area contributed by atoms with Crippen molar-refractivity contribution < 1.29 is 4.79 Å². The first-order valence-electron chi connectivity index (χ1n) is 8.14. The summed E-state index contributed by atoms with van der Waals surface area (Å²) in [5.74, 6) is 0.115. The molecule has 0 fully saturated rings. The van der Waals surface area contributed by atoms with Crippen LogP contribution in [0.1, 0.15) is 18.1 Å². The quantitative estimate of drug-likeness (QED) is 0.615. The number of nitrogens with two attached hydrogens (primary N) is 1. The number of H-pyrrole nitrogens is 1. The molecule has 7 nitrogen and oxygen atoms in total. The summed E-state index contributed by atoms with van der Waals surface area (Å²) in [5, 5.41) is 3.81. The van der Waals surface area contributed by atoms with Crippen LogP contribution >= 0.6 is 0 Å². The first kappa shape index (κ1) is 17.3. The summed E-state index contributed by atoms with van der Waals surface area (Å²) in [6.45, 7) is 1.70. The summed E-state index contributed by atoms with van der Waals surface area (Å²) in [6.07, 6.45) is 7.71. The van der Waals surface area contributed by atoms with Crippen LogP contribution in [0.3, 0.4) is 0 Å². The van der Waals surface area contributed by atoms with E-state index in [-0.39, 0.29) is 11.6 Å². The SMILES string of the molecule is CN=C(C=C(C)N)C(=O)Nc1ccc(Cc2c[nH]c3ncccc23)cn1. The maximum Gasteiger partial charge on any atom is 0.275 e. The van der Waals surface area contributed by atoms with E-state index in [1.54, 1.807) is 32.4 Å². The normalized spacial score (nSPS) is 12.4. The standard InChI is InChI=1S/C19H20N6O/c1-12(20)8-16(21-2)19(26)25-17-6-5-13(10-23-17)9-14-11-24-18-15(14)4-3-7-22-18/h3-8,10-11H,9,20H2,1-2H3,(H,22,24)(H,23,25,26). The highest BCUT2D eigenvalue weighted by molar-refractivity contribution is 6.47. The van der Waals surface area contributed by atoms with Crippen molar-refractivity contribution in [2.75, 3.05) is 12.4 Å². The van der Waals surface area contributed by atoms with Crippen LogP contribution in [0.4, 0.5) is 5.82 Å². The molecule has 0 aromatic carbocycles. The Labute approximate surface area is 151 Å². The number of anilines is 1. The molecule has 0 saturated carbocycles. The zero-order chi connectivity index (χ0) is 18.5. The second-order valence-electron chi connectivity index (χ2n) is 5.89. The zero-order valence-electron chi connectivity index (χ0n) is 14.7. The van der Waals surface area contributed by atoms with Gasteiger partial charge in [-0.3, -0.25) is 9.79 Å². The van der Waals surface area contributed by atoms with E-state index in [2.05, 4.69) is 25.3 Å². The minimum atomic E-state index is -0.347. The third kappa shape index (κ3) is 3.94. The molecule has 26 heavy (non-hydrogen) atoms. The van der Waals surface area contributed by atoms with Crippen LogP contribution in [-0.4, -0.2) is 33.6 Å². The van der Waals surface area contributed by atoms with Gasteiger partial charge in [-0.05, 0) is 42.3 Å². The van der Waals surface area contributed by atoms with E-state index in [1.807, 2.05) is 24.4 Å². The van der Waals surface area contributed by atoms with Crippen LogP contribution in [0, 0.1) is 0 Å². The number of nitrogens with one attached hydrogen (secondary N) is 2. The number of carbonyl (C=O) groups excluding carboxylic acids is 1. The summed E-state index contributed by atoms with van der Waals surface area (Å²) >= 11 is 0. The topological polar surface area (TPSA) is 109 Å². The number of allylic oxidation sites excluding steroid dienone is 1. The Balaban J connectivity index is 1.71. The molecule has 0 atom stereocenters. The number of nitrogens with zero attached hydrogens (tertiary/aromatic N) is 3. The predicted octanol–water partition coefficient (Wildman–Crippen LogP) is 2.42. The van der Waals surface area contributed by atoms with Gasteiger partial charge >= 0.3 is 0 Å². The van der Waals surface area contributed by atoms with Gasteiger partial charge in [-0.1, -0.05) is 6.07 Å². The number of aromatic amines is 1. The van der Waals surface area contributed by atoms with E-state index >= 15 is 0 Å². The molecule has 3 aromatic heterocycles. The molecule has 0 spiro atoms. The lowest BCUT2D eigenvalue weighted by Crippen LogP contribution is -2.22. The fourth-order valence-corrected chi connectivity index (χ4v) is 2.61. The summed E-state index contributed by atoms with van der Waals surface area (Å²) in [6, 6.07) is 7.66. The summed E-state index contributed by atoms with van der Waals surface area (Å²) in [4.78, 5) is 27.9. The molecular formula is C19H20N6O. The lowest BCUT2D eigenvalue weighted by molar-refractivity contribution is -0.110. The van der Waals surface area contributed by atoms with Gasteiger partial charge in [-0.25, -0.2) is 9.97 Å². The molecule has 0 bridgehead atoms. The fraction of sp³-hybridized carbons (Fsp3) is 0.158. The maximum atomic E-state index is 12.2. The van der Waals surface area contributed by atoms with Crippen molar-refractivity contribution in [1.82, 2.24) is 15.0 Å². The number of aromatic nitrogens is 3. The zero-order valence-corrected chi connectivity index (χ0v) is 14.7. The van der Waals surface area contributed by atoms with Crippen LogP contribution in [-0.2, 0) is 11.2 Å². The minimum absolute atomic E-state index is 0.252. The number of amides is 1. The molecule has 3 aromatic rings. The average Bonchev–Trinajstić information content (AvgIpc) is 3.04. The molecule has 7 heteroatoms. The molecule has 132 valence electrons. The van der Waals surface area contributed by atoms with Crippen molar-refractivity contribution in [2.24, 2.45) is 10.7 Å². The number of hydrogen-bond donors (Lipinski definition) is 3. The Morgan fingerprint density at radius 1 is 1.35 bits per heavy atom. The number of rotatable bonds is 5. The molecular weight excluding hydrogens is 328 g/mol. The molecule has 0 saturated heterocycles. The third-order valence-electron chi connectivity index (χ3n) is 3.84. The minimum Gasteiger partial charge on any atom is -0.402 e. The Kier molecular flexibility index (Phi) is 5.07. The van der Waals surface area contributed by atoms with Crippen molar-refractivity contribution in [2.45, 2.75) is 13.3 Å². The monoisotopic (exact) mass is 348 g/mol. The molecule has 0 unspecified atom stereocenters. The fourth-order valence-electron chi connectivity index (χ4n) is 2.61. The number of hydrogen-bond acceptors (Lipinski definition) is 5. The van der Waals surface area contributed by atoms with E-state index in [0.717, 1.165) is 28.6 Å². The van der Waals surface area contributed by atoms with Gasteiger partial charge in [-0.2, -0.15) is 0 Å². The molecule has 0 aliphatic heterocycles. The van der Waals surface area contributed by atoms with E-state index in [9.17, 15) is 4.79 Å². The van der Waals surface area contributed by atoms with Gasteiger partial charge in [0, 0.05) is 43.1 Å². The highest BCUT2D eigenvalue weighted by Crippen LogP contribution is 2.19. The van der Waals surface area contributed by atoms with E-state index in [0.29, 0.717) is 11.5 Å². The number of aliphatic imine (C=N–C) groups is 1. The first-order chi connectivity index (χ1) is 12.6. The van der Waals surface area contributed by atoms with Crippen molar-refractivity contribution >= 4 is 28.5 Å². The highest BCUT2D eigenvalue weighted by atomic mass is 16.1. The molecule has 3 rings (SSSR count). The van der Waals surface area contributed by atoms with Gasteiger partial charge in [0.25, 0.3) is 5.91 Å². The summed E-state index contributed by atoms with van der Waals surface area (Å²) in [7, 11) is 1.54. The van der Waals surface area contributed by atoms with Gasteiger partial charge in [0.15, 0.2) is 0 Å². The lowest BCUT2D eigenvalue weighted by atomic mass is 10.1. The number of carbonyl (C=O) groups is 1. The van der Waals surface area contributed by atoms with Crippen molar-refractivity contribution in [3.05, 3.63) is 65.8 Å². The van der Waals surface area contributed by atoms with Crippen LogP contribution in [0.5, 0.6) is 0 Å². The Bertz CT molecular complexity index is 981. The largest absolute Gasteiger partial charge is 0.402 e. The van der Waals surface area contributed by atoms with Crippen molar-refractivity contribution in [3.8, 4) is 0 Å². The third-order valence-corrected chi connectivity index (χ3v) is 3.84. The van der Waals surface area contributed by atoms with Crippen LogP contribution in [0.25, 0.3) is 11.0 Å². The van der Waals surface area contributed by atoms with Gasteiger partial charge in [-0.15, -0.1) is 0 Å². The molecule has 0 radical (unpaired) electrons. The molecule has 1 amide bonds. The maximum absolute atomic E-state index is 12.2. The van der Waals surface area contributed by atoms with Crippen molar-refractivity contribution in [1.29, 1.82) is 0 Å². The molecule has 4 N–H and O–H groups in total. The molecule has 0 aliphatic rings. The van der Waals surface area contributed by atoms with E-state index in [1.165, 1.54) is 6.08 Å². The number of fused-ring (bicyclic) bond motifs is 1. The molecule has 0 aliphatic carbocycles. The van der Waals surface area contributed by atoms with Crippen LogP contribution < -0.4 is 11.1 Å². The lowest BCUT2D eigenvalue weighted by Gasteiger charge is -2.06. The van der Waals surface area contributed by atoms with Crippen LogP contribution in [0.15, 0.2) is 59.6 Å².